The molecule has 3 aliphatic rings. The average Bonchev–Trinajstić information content (AvgIpc) is 3.57. The van der Waals surface area contributed by atoms with Gasteiger partial charge in [-0.25, -0.2) is 9.37 Å². The molecule has 1 aromatic carbocycles. The van der Waals surface area contributed by atoms with E-state index in [0.29, 0.717) is 23.2 Å². The van der Waals surface area contributed by atoms with Crippen LogP contribution in [0.3, 0.4) is 0 Å². The smallest absolute Gasteiger partial charge is 0.274 e. The van der Waals surface area contributed by atoms with Gasteiger partial charge in [0, 0.05) is 25.7 Å². The number of aromatic nitrogens is 4. The van der Waals surface area contributed by atoms with Crippen molar-refractivity contribution in [1.82, 2.24) is 19.3 Å². The Bertz CT molecular complexity index is 1320. The molecule has 2 N–H and O–H groups in total. The third kappa shape index (κ3) is 3.69. The van der Waals surface area contributed by atoms with Crippen molar-refractivity contribution in [3.8, 4) is 0 Å². The molecule has 2 atom stereocenters. The number of fused-ring (bicyclic) bond motifs is 2. The van der Waals surface area contributed by atoms with Crippen molar-refractivity contribution in [2.24, 2.45) is 25.9 Å². The van der Waals surface area contributed by atoms with Gasteiger partial charge >= 0.3 is 0 Å². The van der Waals surface area contributed by atoms with Crippen molar-refractivity contribution < 1.29 is 14.3 Å². The van der Waals surface area contributed by atoms with E-state index in [1.807, 2.05) is 11.7 Å². The molecule has 0 spiro atoms. The van der Waals surface area contributed by atoms with Gasteiger partial charge in [-0.05, 0) is 80.5 Å². The number of benzene rings is 1. The number of rotatable bonds is 4. The maximum absolute atomic E-state index is 13.5. The number of hydrogen-bond donors (Lipinski definition) is 2. The lowest BCUT2D eigenvalue weighted by Gasteiger charge is -2.26. The molecule has 6 rings (SSSR count). The molecule has 2 heterocycles. The van der Waals surface area contributed by atoms with E-state index in [4.69, 9.17) is 11.6 Å². The molecule has 2 fully saturated rings. The number of amides is 1. The minimum Gasteiger partial charge on any atom is -0.384 e. The highest BCUT2D eigenvalue weighted by Gasteiger charge is 2.52. The van der Waals surface area contributed by atoms with Gasteiger partial charge in [0.05, 0.1) is 28.4 Å². The summed E-state index contributed by atoms with van der Waals surface area (Å²) in [5.74, 6) is 0.100. The molecule has 3 aliphatic carbocycles. The number of nitrogens with one attached hydrogen (secondary N) is 1. The van der Waals surface area contributed by atoms with Crippen LogP contribution in [0.25, 0.3) is 0 Å². The van der Waals surface area contributed by atoms with Gasteiger partial charge in [0.25, 0.3) is 5.91 Å². The van der Waals surface area contributed by atoms with E-state index in [-0.39, 0.29) is 16.8 Å². The van der Waals surface area contributed by atoms with Gasteiger partial charge in [-0.15, -0.1) is 0 Å². The minimum absolute atomic E-state index is 0.0387. The van der Waals surface area contributed by atoms with E-state index in [1.54, 1.807) is 17.9 Å². The van der Waals surface area contributed by atoms with Gasteiger partial charge in [-0.3, -0.25) is 9.48 Å². The number of aryl methyl sites for hydroxylation is 3. The van der Waals surface area contributed by atoms with Crippen molar-refractivity contribution in [2.75, 3.05) is 5.32 Å². The van der Waals surface area contributed by atoms with Crippen molar-refractivity contribution in [1.29, 1.82) is 0 Å². The summed E-state index contributed by atoms with van der Waals surface area (Å²) in [4.78, 5) is 17.8. The summed E-state index contributed by atoms with van der Waals surface area (Å²) in [7, 11) is 3.76. The molecule has 2 saturated carbocycles. The normalized spacial score (nSPS) is 27.3. The molecule has 2 unspecified atom stereocenters. The van der Waals surface area contributed by atoms with E-state index < -0.39 is 11.4 Å². The SMILES string of the molecule is Cn1cnc(C2CC3CC(O)(c4c5c(nn4C)CCC5)CC3C2)c1C(=O)Nc1ccc(F)c(Cl)c1. The molecule has 1 amide bonds. The van der Waals surface area contributed by atoms with Crippen molar-refractivity contribution in [3.05, 3.63) is 63.7 Å². The van der Waals surface area contributed by atoms with E-state index in [9.17, 15) is 14.3 Å². The van der Waals surface area contributed by atoms with Gasteiger partial charge in [0.1, 0.15) is 17.1 Å². The van der Waals surface area contributed by atoms with Crippen molar-refractivity contribution in [2.45, 2.75) is 56.5 Å². The third-order valence-corrected chi connectivity index (χ3v) is 8.58. The van der Waals surface area contributed by atoms with Gasteiger partial charge < -0.3 is 15.0 Å². The zero-order chi connectivity index (χ0) is 24.5. The van der Waals surface area contributed by atoms with Crippen LogP contribution in [0.2, 0.25) is 5.02 Å². The van der Waals surface area contributed by atoms with Gasteiger partial charge in [0.2, 0.25) is 0 Å². The second kappa shape index (κ2) is 8.17. The molecule has 2 aromatic heterocycles. The number of hydrogen-bond acceptors (Lipinski definition) is 4. The molecule has 9 heteroatoms. The van der Waals surface area contributed by atoms with Crippen LogP contribution in [0, 0.1) is 17.7 Å². The summed E-state index contributed by atoms with van der Waals surface area (Å²) in [6.07, 6.45) is 8.04. The Hall–Kier alpha value is -2.71. The number of halogens is 2. The summed E-state index contributed by atoms with van der Waals surface area (Å²) in [5.41, 5.74) is 4.34. The van der Waals surface area contributed by atoms with Crippen LogP contribution < -0.4 is 5.32 Å². The summed E-state index contributed by atoms with van der Waals surface area (Å²) >= 11 is 5.87. The zero-order valence-corrected chi connectivity index (χ0v) is 20.6. The van der Waals surface area contributed by atoms with Gasteiger partial charge in [-0.2, -0.15) is 5.10 Å². The Labute approximate surface area is 208 Å². The molecule has 184 valence electrons. The third-order valence-electron chi connectivity index (χ3n) is 8.30. The Balaban J connectivity index is 1.20. The Morgan fingerprint density at radius 3 is 2.69 bits per heavy atom. The average molecular weight is 498 g/mol. The fourth-order valence-corrected chi connectivity index (χ4v) is 7.15. The number of anilines is 1. The van der Waals surface area contributed by atoms with Crippen molar-refractivity contribution in [3.63, 3.8) is 0 Å². The lowest BCUT2D eigenvalue weighted by atomic mass is 9.88. The number of carbonyl (C=O) groups is 1. The fourth-order valence-electron chi connectivity index (χ4n) is 6.97. The molecule has 0 aliphatic heterocycles. The first-order chi connectivity index (χ1) is 16.7. The summed E-state index contributed by atoms with van der Waals surface area (Å²) in [6, 6.07) is 4.13. The first-order valence-corrected chi connectivity index (χ1v) is 12.7. The first kappa shape index (κ1) is 22.7. The Morgan fingerprint density at radius 1 is 1.23 bits per heavy atom. The largest absolute Gasteiger partial charge is 0.384 e. The van der Waals surface area contributed by atoms with Gasteiger partial charge in [0.15, 0.2) is 0 Å². The predicted molar refractivity (Wildman–Crippen MR) is 130 cm³/mol. The highest BCUT2D eigenvalue weighted by molar-refractivity contribution is 6.31. The van der Waals surface area contributed by atoms with E-state index in [2.05, 4.69) is 15.4 Å². The monoisotopic (exact) mass is 497 g/mol. The highest BCUT2D eigenvalue weighted by atomic mass is 35.5. The summed E-state index contributed by atoms with van der Waals surface area (Å²) in [5, 5.41) is 19.2. The second-order valence-electron chi connectivity index (χ2n) is 10.6. The van der Waals surface area contributed by atoms with Gasteiger partial charge in [-0.1, -0.05) is 11.6 Å². The van der Waals surface area contributed by atoms with Crippen molar-refractivity contribution >= 4 is 23.2 Å². The second-order valence-corrected chi connectivity index (χ2v) is 11.0. The van der Waals surface area contributed by atoms with E-state index >= 15 is 0 Å². The van der Waals surface area contributed by atoms with Crippen LogP contribution in [-0.4, -0.2) is 30.3 Å². The molecular weight excluding hydrogens is 469 g/mol. The topological polar surface area (TPSA) is 85.0 Å². The van der Waals surface area contributed by atoms with Crippen LogP contribution in [0.15, 0.2) is 24.5 Å². The number of imidazole rings is 1. The molecule has 0 saturated heterocycles. The Kier molecular flexibility index (Phi) is 5.30. The molecule has 0 bridgehead atoms. The number of aliphatic hydroxyl groups is 1. The van der Waals surface area contributed by atoms with Crippen LogP contribution >= 0.6 is 11.6 Å². The van der Waals surface area contributed by atoms with Crippen LogP contribution in [0.4, 0.5) is 10.1 Å². The van der Waals surface area contributed by atoms with E-state index in [0.717, 1.165) is 62.0 Å². The standard InChI is InChI=1S/C26H29ClFN5O2/c1-32-13-29-22(23(32)25(34)30-17-6-7-20(28)19(27)10-17)14-8-15-11-26(35,12-16(15)9-14)24-18-4-3-5-21(18)31-33(24)2/h6-7,10,13-16,35H,3-5,8-9,11-12H2,1-2H3,(H,30,34). The van der Waals surface area contributed by atoms with E-state index in [1.165, 1.54) is 23.8 Å². The van der Waals surface area contributed by atoms with Crippen LogP contribution in [-0.2, 0) is 32.5 Å². The van der Waals surface area contributed by atoms with Crippen LogP contribution in [0.1, 0.15) is 71.2 Å². The maximum atomic E-state index is 13.5. The predicted octanol–water partition coefficient (Wildman–Crippen LogP) is 4.48. The summed E-state index contributed by atoms with van der Waals surface area (Å²) in [6.45, 7) is 0. The van der Waals surface area contributed by atoms with Crippen LogP contribution in [0.5, 0.6) is 0 Å². The number of carbonyl (C=O) groups excluding carboxylic acids is 1. The highest BCUT2D eigenvalue weighted by Crippen LogP contribution is 2.57. The molecule has 0 radical (unpaired) electrons. The molecule has 3 aromatic rings. The lowest BCUT2D eigenvalue weighted by Crippen LogP contribution is -2.28. The fraction of sp³-hybridized carbons (Fsp3) is 0.500. The first-order valence-electron chi connectivity index (χ1n) is 12.3. The zero-order valence-electron chi connectivity index (χ0n) is 19.9. The molecular formula is C26H29ClFN5O2. The number of nitrogens with zero attached hydrogens (tertiary/aromatic N) is 4. The maximum Gasteiger partial charge on any atom is 0.274 e. The lowest BCUT2D eigenvalue weighted by molar-refractivity contribution is 0.0254. The minimum atomic E-state index is -0.827. The summed E-state index contributed by atoms with van der Waals surface area (Å²) < 4.78 is 17.1. The Morgan fingerprint density at radius 2 is 1.97 bits per heavy atom. The molecule has 35 heavy (non-hydrogen) atoms. The quantitative estimate of drug-likeness (QED) is 0.556. The molecule has 7 nitrogen and oxygen atoms in total.